The van der Waals surface area contributed by atoms with E-state index in [1.54, 1.807) is 6.07 Å². The number of benzene rings is 1. The zero-order valence-corrected chi connectivity index (χ0v) is 11.9. The van der Waals surface area contributed by atoms with Gasteiger partial charge in [0.05, 0.1) is 6.10 Å². The van der Waals surface area contributed by atoms with Gasteiger partial charge in [-0.25, -0.2) is 4.39 Å². The molecule has 0 aliphatic rings. The summed E-state index contributed by atoms with van der Waals surface area (Å²) in [4.78, 5) is 1.00. The second kappa shape index (κ2) is 5.93. The molecule has 2 rings (SSSR count). The molecule has 1 heterocycles. The quantitative estimate of drug-likeness (QED) is 0.902. The van der Waals surface area contributed by atoms with Crippen LogP contribution >= 0.6 is 27.3 Å². The van der Waals surface area contributed by atoms with Gasteiger partial charge < -0.3 is 10.8 Å². The third kappa shape index (κ3) is 2.80. The summed E-state index contributed by atoms with van der Waals surface area (Å²) in [7, 11) is 0. The Balaban J connectivity index is 2.34. The van der Waals surface area contributed by atoms with Crippen LogP contribution in [-0.4, -0.2) is 11.7 Å². The smallest absolute Gasteiger partial charge is 0.123 e. The second-order valence-electron chi connectivity index (χ2n) is 3.97. The van der Waals surface area contributed by atoms with E-state index in [-0.39, 0.29) is 11.7 Å². The normalized spacial score (nSPS) is 14.4. The van der Waals surface area contributed by atoms with Gasteiger partial charge in [-0.05, 0) is 35.2 Å². The van der Waals surface area contributed by atoms with Crippen LogP contribution in [0.15, 0.2) is 40.2 Å². The highest BCUT2D eigenvalue weighted by molar-refractivity contribution is 9.10. The molecule has 2 aromatic rings. The zero-order chi connectivity index (χ0) is 13.1. The maximum absolute atomic E-state index is 13.3. The predicted octanol–water partition coefficient (Wildman–Crippen LogP) is 3.43. The number of nitrogens with two attached hydrogens (primary N) is 1. The highest BCUT2D eigenvalue weighted by atomic mass is 79.9. The summed E-state index contributed by atoms with van der Waals surface area (Å²) in [5.41, 5.74) is 6.25. The minimum Gasteiger partial charge on any atom is -0.388 e. The Morgan fingerprint density at radius 3 is 2.78 bits per heavy atom. The van der Waals surface area contributed by atoms with Gasteiger partial charge in [0, 0.05) is 21.8 Å². The molecule has 0 radical (unpaired) electrons. The van der Waals surface area contributed by atoms with Crippen LogP contribution in [0.2, 0.25) is 0 Å². The lowest BCUT2D eigenvalue weighted by molar-refractivity contribution is 0.147. The predicted molar refractivity (Wildman–Crippen MR) is 75.2 cm³/mol. The lowest BCUT2D eigenvalue weighted by Gasteiger charge is -2.21. The van der Waals surface area contributed by atoms with E-state index >= 15 is 0 Å². The monoisotopic (exact) mass is 329 g/mol. The molecule has 0 fully saturated rings. The second-order valence-corrected chi connectivity index (χ2v) is 5.80. The number of rotatable bonds is 4. The van der Waals surface area contributed by atoms with Crippen LogP contribution in [0.1, 0.15) is 22.5 Å². The molecule has 2 unspecified atom stereocenters. The fraction of sp³-hybridized carbons (Fsp3) is 0.231. The SMILES string of the molecule is NCC(c1cccs1)C(O)c1cc(F)ccc1Br. The molecular weight excluding hydrogens is 317 g/mol. The highest BCUT2D eigenvalue weighted by Crippen LogP contribution is 2.36. The van der Waals surface area contributed by atoms with E-state index in [9.17, 15) is 9.50 Å². The number of thiophene rings is 1. The summed E-state index contributed by atoms with van der Waals surface area (Å²) in [6.07, 6.45) is -0.821. The molecule has 2 atom stereocenters. The molecule has 0 saturated heterocycles. The van der Waals surface area contributed by atoms with Crippen LogP contribution in [-0.2, 0) is 0 Å². The van der Waals surface area contributed by atoms with E-state index in [4.69, 9.17) is 5.73 Å². The average Bonchev–Trinajstić information content (AvgIpc) is 2.87. The van der Waals surface area contributed by atoms with Crippen molar-refractivity contribution in [2.24, 2.45) is 5.73 Å². The molecule has 0 saturated carbocycles. The van der Waals surface area contributed by atoms with Gasteiger partial charge >= 0.3 is 0 Å². The summed E-state index contributed by atoms with van der Waals surface area (Å²) in [6.45, 7) is 0.310. The third-order valence-electron chi connectivity index (χ3n) is 2.82. The average molecular weight is 330 g/mol. The number of aliphatic hydroxyl groups is 1. The van der Waals surface area contributed by atoms with Crippen LogP contribution in [0.25, 0.3) is 0 Å². The van der Waals surface area contributed by atoms with Gasteiger partial charge in [0.25, 0.3) is 0 Å². The molecule has 5 heteroatoms. The topological polar surface area (TPSA) is 46.2 Å². The third-order valence-corrected chi connectivity index (χ3v) is 4.55. The Bertz CT molecular complexity index is 518. The van der Waals surface area contributed by atoms with Crippen molar-refractivity contribution in [1.29, 1.82) is 0 Å². The van der Waals surface area contributed by atoms with Gasteiger partial charge in [-0.3, -0.25) is 0 Å². The molecule has 0 aliphatic heterocycles. The van der Waals surface area contributed by atoms with Crippen molar-refractivity contribution in [3.8, 4) is 0 Å². The van der Waals surface area contributed by atoms with Crippen molar-refractivity contribution in [3.05, 3.63) is 56.4 Å². The number of halogens is 2. The first-order valence-corrected chi connectivity index (χ1v) is 7.17. The molecular formula is C13H13BrFNOS. The van der Waals surface area contributed by atoms with Crippen molar-refractivity contribution in [2.75, 3.05) is 6.54 Å². The Kier molecular flexibility index (Phi) is 4.50. The van der Waals surface area contributed by atoms with Crippen LogP contribution in [0, 0.1) is 5.82 Å². The maximum atomic E-state index is 13.3. The summed E-state index contributed by atoms with van der Waals surface area (Å²) in [6, 6.07) is 8.12. The van der Waals surface area contributed by atoms with Gasteiger partial charge in [-0.2, -0.15) is 0 Å². The van der Waals surface area contributed by atoms with Crippen molar-refractivity contribution in [1.82, 2.24) is 0 Å². The molecule has 2 nitrogen and oxygen atoms in total. The Hall–Kier alpha value is -0.750. The van der Waals surface area contributed by atoms with Gasteiger partial charge in [0.15, 0.2) is 0 Å². The summed E-state index contributed by atoms with van der Waals surface area (Å²) < 4.78 is 13.9. The van der Waals surface area contributed by atoms with E-state index in [0.29, 0.717) is 16.6 Å². The van der Waals surface area contributed by atoms with Gasteiger partial charge in [0.1, 0.15) is 5.82 Å². The fourth-order valence-corrected chi connectivity index (χ4v) is 3.21. The molecule has 3 N–H and O–H groups in total. The number of aliphatic hydroxyl groups excluding tert-OH is 1. The van der Waals surface area contributed by atoms with Gasteiger partial charge in [-0.15, -0.1) is 11.3 Å². The summed E-state index contributed by atoms with van der Waals surface area (Å²) in [5.74, 6) is -0.586. The van der Waals surface area contributed by atoms with Crippen LogP contribution in [0.4, 0.5) is 4.39 Å². The summed E-state index contributed by atoms with van der Waals surface area (Å²) in [5, 5.41) is 12.3. The largest absolute Gasteiger partial charge is 0.388 e. The highest BCUT2D eigenvalue weighted by Gasteiger charge is 2.24. The molecule has 0 bridgehead atoms. The van der Waals surface area contributed by atoms with Crippen molar-refractivity contribution < 1.29 is 9.50 Å². The first-order valence-electron chi connectivity index (χ1n) is 5.50. The lowest BCUT2D eigenvalue weighted by atomic mass is 9.94. The number of hydrogen-bond donors (Lipinski definition) is 2. The van der Waals surface area contributed by atoms with E-state index < -0.39 is 6.10 Å². The van der Waals surface area contributed by atoms with Crippen LogP contribution < -0.4 is 5.73 Å². The Morgan fingerprint density at radius 2 is 2.17 bits per heavy atom. The van der Waals surface area contributed by atoms with Gasteiger partial charge in [-0.1, -0.05) is 22.0 Å². The van der Waals surface area contributed by atoms with Crippen molar-refractivity contribution in [3.63, 3.8) is 0 Å². The van der Waals surface area contributed by atoms with Crippen LogP contribution in [0.5, 0.6) is 0 Å². The molecule has 18 heavy (non-hydrogen) atoms. The van der Waals surface area contributed by atoms with E-state index in [1.165, 1.54) is 23.5 Å². The molecule has 0 spiro atoms. The standard InChI is InChI=1S/C13H13BrFNOS/c14-11-4-3-8(15)6-9(11)13(17)10(7-16)12-2-1-5-18-12/h1-6,10,13,17H,7,16H2. The first-order chi connectivity index (χ1) is 8.63. The van der Waals surface area contributed by atoms with Crippen LogP contribution in [0.3, 0.4) is 0 Å². The summed E-state index contributed by atoms with van der Waals surface area (Å²) >= 11 is 4.87. The molecule has 1 aromatic carbocycles. The zero-order valence-electron chi connectivity index (χ0n) is 9.51. The lowest BCUT2D eigenvalue weighted by Crippen LogP contribution is -2.19. The molecule has 1 aromatic heterocycles. The van der Waals surface area contributed by atoms with Gasteiger partial charge in [0.2, 0.25) is 0 Å². The van der Waals surface area contributed by atoms with E-state index in [0.717, 1.165) is 4.88 Å². The maximum Gasteiger partial charge on any atom is 0.123 e. The first kappa shape index (κ1) is 13.7. The minimum absolute atomic E-state index is 0.219. The Labute approximate surface area is 117 Å². The molecule has 0 aliphatic carbocycles. The molecule has 0 amide bonds. The minimum atomic E-state index is -0.821. The number of hydrogen-bond acceptors (Lipinski definition) is 3. The Morgan fingerprint density at radius 1 is 1.39 bits per heavy atom. The van der Waals surface area contributed by atoms with E-state index in [1.807, 2.05) is 17.5 Å². The molecule has 96 valence electrons. The van der Waals surface area contributed by atoms with E-state index in [2.05, 4.69) is 15.9 Å². The van der Waals surface area contributed by atoms with Crippen molar-refractivity contribution >= 4 is 27.3 Å². The fourth-order valence-electron chi connectivity index (χ4n) is 1.86. The van der Waals surface area contributed by atoms with Crippen molar-refractivity contribution in [2.45, 2.75) is 12.0 Å².